The number of anilines is 2. The second kappa shape index (κ2) is 17.0. The van der Waals surface area contributed by atoms with Crippen LogP contribution in [-0.4, -0.2) is 82.2 Å². The van der Waals surface area contributed by atoms with Crippen LogP contribution < -0.4 is 4.90 Å². The molecule has 308 valence electrons. The number of rotatable bonds is 18. The van der Waals surface area contributed by atoms with Gasteiger partial charge in [-0.05, 0) is 106 Å². The molecule has 4 saturated carbocycles. The van der Waals surface area contributed by atoms with Gasteiger partial charge in [0.15, 0.2) is 10.9 Å². The van der Waals surface area contributed by atoms with Crippen molar-refractivity contribution in [2.75, 3.05) is 37.7 Å². The third-order valence-electron chi connectivity index (χ3n) is 12.1. The molecule has 1 aromatic carbocycles. The molecular formula is C43H55N7O5S2Si. The summed E-state index contributed by atoms with van der Waals surface area (Å²) in [7, 11) is 0.312. The van der Waals surface area contributed by atoms with E-state index in [0.29, 0.717) is 46.4 Å². The summed E-state index contributed by atoms with van der Waals surface area (Å²) in [5, 5.41) is 11.1. The monoisotopic (exact) mass is 841 g/mol. The van der Waals surface area contributed by atoms with Crippen molar-refractivity contribution in [2.45, 2.75) is 96.4 Å². The summed E-state index contributed by atoms with van der Waals surface area (Å²) in [6.45, 7) is 13.0. The number of esters is 1. The van der Waals surface area contributed by atoms with Crippen molar-refractivity contribution in [1.82, 2.24) is 29.5 Å². The largest absolute Gasteiger partial charge is 0.462 e. The number of para-hydroxylation sites is 1. The van der Waals surface area contributed by atoms with Crippen LogP contribution in [0.2, 0.25) is 25.7 Å². The van der Waals surface area contributed by atoms with Gasteiger partial charge in [0.2, 0.25) is 0 Å². The van der Waals surface area contributed by atoms with Crippen LogP contribution in [0.1, 0.15) is 71.9 Å². The molecule has 12 nitrogen and oxygen atoms in total. The minimum Gasteiger partial charge on any atom is -0.462 e. The summed E-state index contributed by atoms with van der Waals surface area (Å²) < 4.78 is 22.2. The zero-order chi connectivity index (χ0) is 40.6. The van der Waals surface area contributed by atoms with Crippen LogP contribution in [0, 0.1) is 30.1 Å². The van der Waals surface area contributed by atoms with E-state index >= 15 is 0 Å². The first-order chi connectivity index (χ1) is 27.9. The molecule has 0 N–H and O–H groups in total. The Labute approximate surface area is 350 Å². The van der Waals surface area contributed by atoms with Crippen molar-refractivity contribution in [3.8, 4) is 11.3 Å². The molecule has 4 aliphatic rings. The summed E-state index contributed by atoms with van der Waals surface area (Å²) >= 11 is 2.83. The molecule has 58 heavy (non-hydrogen) atoms. The van der Waals surface area contributed by atoms with E-state index in [4.69, 9.17) is 34.4 Å². The molecule has 4 fully saturated rings. The summed E-state index contributed by atoms with van der Waals surface area (Å²) in [4.78, 5) is 39.1. The second-order valence-corrected chi connectivity index (χ2v) is 25.3. The summed E-state index contributed by atoms with van der Waals surface area (Å²) in [6.07, 6.45) is 11.5. The highest BCUT2D eigenvalue weighted by atomic mass is 32.2. The highest BCUT2D eigenvalue weighted by molar-refractivity contribution is 8.00. The maximum absolute atomic E-state index is 13.8. The van der Waals surface area contributed by atoms with E-state index in [2.05, 4.69) is 37.3 Å². The molecule has 0 atom stereocenters. The van der Waals surface area contributed by atoms with Crippen LogP contribution in [0.3, 0.4) is 0 Å². The Morgan fingerprint density at radius 2 is 1.76 bits per heavy atom. The molecule has 4 aromatic heterocycles. The number of thiazole rings is 1. The smallest absolute Gasteiger partial charge is 0.343 e. The van der Waals surface area contributed by atoms with Gasteiger partial charge in [0.1, 0.15) is 35.6 Å². The number of carbonyl (C=O) groups excluding carboxylic acids is 2. The van der Waals surface area contributed by atoms with Crippen LogP contribution >= 0.6 is 23.1 Å². The van der Waals surface area contributed by atoms with Gasteiger partial charge < -0.3 is 14.2 Å². The molecule has 0 saturated heterocycles. The van der Waals surface area contributed by atoms with Gasteiger partial charge in [0.05, 0.1) is 28.8 Å². The number of hydrogen-bond acceptors (Lipinski definition) is 12. The number of fused-ring (bicyclic) bond motifs is 1. The molecule has 4 aliphatic carbocycles. The quantitative estimate of drug-likeness (QED) is 0.0209. The Kier molecular flexibility index (Phi) is 12.0. The predicted octanol–water partition coefficient (Wildman–Crippen LogP) is 9.48. The number of nitrogens with zero attached hydrogens (tertiary/aromatic N) is 7. The lowest BCUT2D eigenvalue weighted by Crippen LogP contribution is -2.48. The van der Waals surface area contributed by atoms with Gasteiger partial charge in [0.25, 0.3) is 0 Å². The van der Waals surface area contributed by atoms with Gasteiger partial charge in [-0.25, -0.2) is 19.4 Å². The van der Waals surface area contributed by atoms with E-state index in [9.17, 15) is 9.59 Å². The average molecular weight is 842 g/mol. The molecule has 4 heterocycles. The first kappa shape index (κ1) is 40.9. The van der Waals surface area contributed by atoms with Crippen LogP contribution in [0.25, 0.3) is 21.5 Å². The molecule has 9 rings (SSSR count). The van der Waals surface area contributed by atoms with Crippen LogP contribution in [0.4, 0.5) is 10.9 Å². The van der Waals surface area contributed by atoms with E-state index < -0.39 is 14.0 Å². The van der Waals surface area contributed by atoms with Gasteiger partial charge in [-0.2, -0.15) is 10.2 Å². The van der Waals surface area contributed by atoms with E-state index in [-0.39, 0.29) is 24.9 Å². The fraction of sp³-hybridized carbons (Fsp3) is 0.535. The lowest BCUT2D eigenvalue weighted by Gasteiger charge is -2.56. The second-order valence-electron chi connectivity index (χ2n) is 17.7. The van der Waals surface area contributed by atoms with Crippen molar-refractivity contribution in [2.24, 2.45) is 23.2 Å². The highest BCUT2D eigenvalue weighted by Crippen LogP contribution is 2.60. The van der Waals surface area contributed by atoms with Crippen molar-refractivity contribution in [3.63, 3.8) is 0 Å². The van der Waals surface area contributed by atoms with Crippen molar-refractivity contribution < 1.29 is 23.8 Å². The Bertz CT molecular complexity index is 2190. The number of pyridine rings is 1. The zero-order valence-electron chi connectivity index (χ0n) is 34.5. The molecule has 5 aromatic rings. The zero-order valence-corrected chi connectivity index (χ0v) is 37.2. The van der Waals surface area contributed by atoms with E-state index in [1.54, 1.807) is 42.3 Å². The molecule has 0 unspecified atom stereocenters. The number of ketones is 1. The van der Waals surface area contributed by atoms with E-state index in [1.807, 2.05) is 35.4 Å². The van der Waals surface area contributed by atoms with Crippen LogP contribution in [0.15, 0.2) is 53.8 Å². The van der Waals surface area contributed by atoms with Crippen molar-refractivity contribution in [3.05, 3.63) is 65.6 Å². The molecule has 0 radical (unpaired) electrons. The molecule has 15 heteroatoms. The number of hydrogen-bond donors (Lipinski definition) is 0. The van der Waals surface area contributed by atoms with Crippen molar-refractivity contribution in [1.29, 1.82) is 0 Å². The van der Waals surface area contributed by atoms with Gasteiger partial charge in [-0.15, -0.1) is 0 Å². The minimum atomic E-state index is -1.27. The number of carbonyl (C=O) groups is 2. The summed E-state index contributed by atoms with van der Waals surface area (Å²) in [5.74, 6) is 2.61. The Morgan fingerprint density at radius 1 is 1.02 bits per heavy atom. The normalized spacial score (nSPS) is 21.2. The molecule has 0 spiro atoms. The number of aromatic nitrogens is 6. The van der Waals surface area contributed by atoms with Crippen LogP contribution in [-0.2, 0) is 27.5 Å². The van der Waals surface area contributed by atoms with Crippen molar-refractivity contribution >= 4 is 64.1 Å². The van der Waals surface area contributed by atoms with Gasteiger partial charge in [0, 0.05) is 51.4 Å². The van der Waals surface area contributed by atoms with Gasteiger partial charge in [-0.3, -0.25) is 14.4 Å². The fourth-order valence-electron chi connectivity index (χ4n) is 9.68. The lowest BCUT2D eigenvalue weighted by molar-refractivity contribution is -0.0638. The maximum atomic E-state index is 13.8. The summed E-state index contributed by atoms with van der Waals surface area (Å²) in [6, 6.07) is 12.7. The number of Topliss-reactive ketones (excluding diaryl/α,β-unsaturated/α-hetero) is 1. The highest BCUT2D eigenvalue weighted by Gasteiger charge is 2.51. The number of methoxy groups -OCH3 is 1. The number of benzene rings is 1. The SMILES string of the molecule is CCOC(=O)c1c(-c2cnn(CC34CC5CC(CC(C5)C3)C4)c2C)nn(COC)c1SCC(=O)c1ccc(N(COCC[Si](C)(C)C)c2nc3ccccc3s2)nc1. The first-order valence-corrected chi connectivity index (χ1v) is 26.1. The third kappa shape index (κ3) is 8.70. The summed E-state index contributed by atoms with van der Waals surface area (Å²) in [5.41, 5.74) is 4.25. The number of ether oxygens (including phenoxy) is 3. The third-order valence-corrected chi connectivity index (χ3v) is 15.9. The van der Waals surface area contributed by atoms with Crippen LogP contribution in [0.5, 0.6) is 0 Å². The average Bonchev–Trinajstić information content (AvgIpc) is 3.87. The molecule has 0 amide bonds. The Hall–Kier alpha value is -3.89. The molecule has 4 bridgehead atoms. The Morgan fingerprint density at radius 3 is 2.41 bits per heavy atom. The Balaban J connectivity index is 1.02. The van der Waals surface area contributed by atoms with Gasteiger partial charge in [-0.1, -0.05) is 54.9 Å². The minimum absolute atomic E-state index is 0.0495. The van der Waals surface area contributed by atoms with Gasteiger partial charge >= 0.3 is 5.97 Å². The standard InChI is InChI=1S/C43H55N7O5S2Si/c1-7-55-41(52)38-39(33-23-45-49(28(33)2)25-43-19-29-16-30(20-43)18-31(17-29)21-43)47-50(27-53-3)40(38)56-24-35(51)32-12-13-37(44-22-32)48(26-54-14-15-58(4,5)6)42-46-34-10-8-9-11-36(34)57-42/h8-13,22-23,29-31H,7,14-21,24-27H2,1-6H3. The maximum Gasteiger partial charge on any atom is 0.343 e. The molecule has 0 aliphatic heterocycles. The van der Waals surface area contributed by atoms with E-state index in [1.165, 1.54) is 50.3 Å². The van der Waals surface area contributed by atoms with E-state index in [0.717, 1.165) is 56.9 Å². The fourth-order valence-corrected chi connectivity index (χ4v) is 12.4. The molecular weight excluding hydrogens is 787 g/mol. The number of thioether (sulfide) groups is 1. The topological polar surface area (TPSA) is 126 Å². The predicted molar refractivity (Wildman–Crippen MR) is 232 cm³/mol. The first-order valence-electron chi connectivity index (χ1n) is 20.5. The lowest BCUT2D eigenvalue weighted by atomic mass is 9.49.